The van der Waals surface area contributed by atoms with Crippen molar-refractivity contribution in [2.75, 3.05) is 32.5 Å². The molecule has 1 aliphatic heterocycles. The van der Waals surface area contributed by atoms with Gasteiger partial charge in [-0.2, -0.15) is 0 Å². The minimum atomic E-state index is -0.450. The summed E-state index contributed by atoms with van der Waals surface area (Å²) in [5, 5.41) is 14.4. The largest absolute Gasteiger partial charge is 0.490 e. The number of carbonyl (C=O) groups excluding carboxylic acids is 1. The summed E-state index contributed by atoms with van der Waals surface area (Å²) >= 11 is 1.49. The van der Waals surface area contributed by atoms with E-state index in [0.29, 0.717) is 11.5 Å². The molecule has 0 aromatic heterocycles. The molecule has 26 heavy (non-hydrogen) atoms. The molecule has 2 rings (SSSR count). The molecule has 1 unspecified atom stereocenters. The van der Waals surface area contributed by atoms with Crippen molar-refractivity contribution in [1.82, 2.24) is 10.2 Å². The van der Waals surface area contributed by atoms with Crippen molar-refractivity contribution in [3.05, 3.63) is 33.9 Å². The van der Waals surface area contributed by atoms with Crippen LogP contribution >= 0.6 is 24.2 Å². The maximum absolute atomic E-state index is 12.5. The molecule has 7 nitrogen and oxygen atoms in total. The van der Waals surface area contributed by atoms with Crippen LogP contribution in [-0.2, 0) is 10.5 Å². The minimum absolute atomic E-state index is 0. The number of hydrogen-bond acceptors (Lipinski definition) is 6. The maximum Gasteiger partial charge on any atom is 0.311 e. The molecule has 1 aromatic carbocycles. The topological polar surface area (TPSA) is 84.7 Å². The van der Waals surface area contributed by atoms with E-state index in [4.69, 9.17) is 4.74 Å². The predicted molar refractivity (Wildman–Crippen MR) is 106 cm³/mol. The molecule has 1 aliphatic rings. The van der Waals surface area contributed by atoms with Gasteiger partial charge in [0.15, 0.2) is 5.75 Å². The summed E-state index contributed by atoms with van der Waals surface area (Å²) in [5.41, 5.74) is 0.770. The van der Waals surface area contributed by atoms with Crippen molar-refractivity contribution < 1.29 is 14.5 Å². The van der Waals surface area contributed by atoms with Crippen molar-refractivity contribution in [2.24, 2.45) is 0 Å². The highest BCUT2D eigenvalue weighted by Crippen LogP contribution is 2.29. The smallest absolute Gasteiger partial charge is 0.311 e. The van der Waals surface area contributed by atoms with Gasteiger partial charge < -0.3 is 15.0 Å². The lowest BCUT2D eigenvalue weighted by molar-refractivity contribution is -0.385. The molecule has 0 saturated carbocycles. The molecule has 0 spiro atoms. The molecule has 1 atom stereocenters. The Morgan fingerprint density at radius 1 is 1.50 bits per heavy atom. The van der Waals surface area contributed by atoms with Crippen molar-refractivity contribution in [3.63, 3.8) is 0 Å². The quantitative estimate of drug-likeness (QED) is 0.504. The number of amides is 1. The second kappa shape index (κ2) is 11.3. The van der Waals surface area contributed by atoms with Gasteiger partial charge in [-0.1, -0.05) is 13.0 Å². The summed E-state index contributed by atoms with van der Waals surface area (Å²) in [6.45, 7) is 4.67. The second-order valence-corrected chi connectivity index (χ2v) is 6.98. The van der Waals surface area contributed by atoms with Gasteiger partial charge in [0.25, 0.3) is 0 Å². The first-order chi connectivity index (χ1) is 12.1. The van der Waals surface area contributed by atoms with Crippen LogP contribution in [0.2, 0.25) is 0 Å². The van der Waals surface area contributed by atoms with Gasteiger partial charge in [0.2, 0.25) is 5.91 Å². The maximum atomic E-state index is 12.5. The van der Waals surface area contributed by atoms with Crippen molar-refractivity contribution >= 4 is 35.8 Å². The first kappa shape index (κ1) is 22.5. The standard InChI is InChI=1S/C17H25N3O4S.ClH/c1-3-8-19(14-6-7-18-10-14)17(21)12-25-11-13-4-5-16(24-2)15(9-13)20(22)23;/h4-5,9,14,18H,3,6-8,10-12H2,1-2H3;1H. The average Bonchev–Trinajstić information content (AvgIpc) is 3.13. The van der Waals surface area contributed by atoms with Crippen LogP contribution in [0.25, 0.3) is 0 Å². The van der Waals surface area contributed by atoms with Crippen LogP contribution in [0, 0.1) is 10.1 Å². The number of nitrogens with one attached hydrogen (secondary N) is 1. The summed E-state index contributed by atoms with van der Waals surface area (Å²) in [4.78, 5) is 25.1. The van der Waals surface area contributed by atoms with Crippen molar-refractivity contribution in [3.8, 4) is 5.75 Å². The number of benzene rings is 1. The van der Waals surface area contributed by atoms with E-state index in [2.05, 4.69) is 12.2 Å². The Morgan fingerprint density at radius 2 is 2.27 bits per heavy atom. The fourth-order valence-electron chi connectivity index (χ4n) is 2.96. The summed E-state index contributed by atoms with van der Waals surface area (Å²) in [5.74, 6) is 1.33. The van der Waals surface area contributed by atoms with Gasteiger partial charge in [-0.05, 0) is 31.0 Å². The van der Waals surface area contributed by atoms with Crippen LogP contribution in [-0.4, -0.2) is 54.3 Å². The molecular weight excluding hydrogens is 378 g/mol. The fraction of sp³-hybridized carbons (Fsp3) is 0.588. The summed E-state index contributed by atoms with van der Waals surface area (Å²) in [6.07, 6.45) is 1.94. The van der Waals surface area contributed by atoms with Crippen LogP contribution in [0.1, 0.15) is 25.3 Å². The third-order valence-electron chi connectivity index (χ3n) is 4.19. The van der Waals surface area contributed by atoms with E-state index in [1.807, 2.05) is 4.90 Å². The van der Waals surface area contributed by atoms with Gasteiger partial charge in [-0.25, -0.2) is 0 Å². The number of nitro groups is 1. The SMILES string of the molecule is CCCN(C(=O)CSCc1ccc(OC)c([N+](=O)[O-])c1)C1CCNC1.Cl. The molecule has 1 fully saturated rings. The number of halogens is 1. The number of carbonyl (C=O) groups is 1. The minimum Gasteiger partial charge on any atom is -0.490 e. The van der Waals surface area contributed by atoms with Crippen LogP contribution < -0.4 is 10.1 Å². The summed E-state index contributed by atoms with van der Waals surface area (Å²) < 4.78 is 5.00. The Morgan fingerprint density at radius 3 is 2.85 bits per heavy atom. The molecule has 1 saturated heterocycles. The highest BCUT2D eigenvalue weighted by molar-refractivity contribution is 7.99. The van der Waals surface area contributed by atoms with Gasteiger partial charge in [-0.15, -0.1) is 24.2 Å². The first-order valence-corrected chi connectivity index (χ1v) is 9.61. The first-order valence-electron chi connectivity index (χ1n) is 8.46. The Hall–Kier alpha value is -1.51. The molecule has 1 N–H and O–H groups in total. The number of nitrogens with zero attached hydrogens (tertiary/aromatic N) is 2. The van der Waals surface area contributed by atoms with E-state index in [9.17, 15) is 14.9 Å². The zero-order valence-corrected chi connectivity index (χ0v) is 16.7. The Kier molecular flexibility index (Phi) is 9.75. The Labute approximate surface area is 164 Å². The fourth-order valence-corrected chi connectivity index (χ4v) is 3.82. The van der Waals surface area contributed by atoms with Crippen molar-refractivity contribution in [1.29, 1.82) is 0 Å². The van der Waals surface area contributed by atoms with E-state index in [1.54, 1.807) is 12.1 Å². The number of ether oxygens (including phenoxy) is 1. The molecule has 0 aliphatic carbocycles. The van der Waals surface area contributed by atoms with Gasteiger partial charge in [0.05, 0.1) is 17.8 Å². The highest BCUT2D eigenvalue weighted by Gasteiger charge is 2.25. The number of rotatable bonds is 9. The third kappa shape index (κ3) is 6.03. The molecule has 9 heteroatoms. The number of hydrogen-bond donors (Lipinski definition) is 1. The molecule has 1 heterocycles. The van der Waals surface area contributed by atoms with Gasteiger partial charge in [-0.3, -0.25) is 14.9 Å². The average molecular weight is 404 g/mol. The summed E-state index contributed by atoms with van der Waals surface area (Å²) in [7, 11) is 1.41. The van der Waals surface area contributed by atoms with E-state index >= 15 is 0 Å². The molecule has 1 aromatic rings. The van der Waals surface area contributed by atoms with Crippen LogP contribution in [0.3, 0.4) is 0 Å². The monoisotopic (exact) mass is 403 g/mol. The zero-order valence-electron chi connectivity index (χ0n) is 15.1. The van der Waals surface area contributed by atoms with Gasteiger partial charge in [0, 0.05) is 31.0 Å². The molecular formula is C17H26ClN3O4S. The summed E-state index contributed by atoms with van der Waals surface area (Å²) in [6, 6.07) is 5.20. The normalized spacial score (nSPS) is 16.0. The zero-order chi connectivity index (χ0) is 18.2. The van der Waals surface area contributed by atoms with E-state index < -0.39 is 4.92 Å². The number of methoxy groups -OCH3 is 1. The van der Waals surface area contributed by atoms with Crippen LogP contribution in [0.4, 0.5) is 5.69 Å². The molecule has 146 valence electrons. The lowest BCUT2D eigenvalue weighted by Gasteiger charge is -2.28. The van der Waals surface area contributed by atoms with E-state index in [1.165, 1.54) is 24.9 Å². The van der Waals surface area contributed by atoms with Gasteiger partial charge in [0.1, 0.15) is 0 Å². The van der Waals surface area contributed by atoms with Gasteiger partial charge >= 0.3 is 5.69 Å². The predicted octanol–water partition coefficient (Wildman–Crippen LogP) is 2.86. The Balaban J connectivity index is 0.00000338. The molecule has 0 bridgehead atoms. The highest BCUT2D eigenvalue weighted by atomic mass is 35.5. The van der Waals surface area contributed by atoms with E-state index in [0.717, 1.165) is 38.0 Å². The van der Waals surface area contributed by atoms with Crippen LogP contribution in [0.5, 0.6) is 5.75 Å². The third-order valence-corrected chi connectivity index (χ3v) is 5.18. The lowest BCUT2D eigenvalue weighted by Crippen LogP contribution is -2.43. The molecule has 0 radical (unpaired) electrons. The van der Waals surface area contributed by atoms with E-state index in [-0.39, 0.29) is 35.8 Å². The molecule has 1 amide bonds. The number of thioether (sulfide) groups is 1. The second-order valence-electron chi connectivity index (χ2n) is 5.99. The van der Waals surface area contributed by atoms with Crippen LogP contribution in [0.15, 0.2) is 18.2 Å². The lowest BCUT2D eigenvalue weighted by atomic mass is 10.2. The van der Waals surface area contributed by atoms with Crippen molar-refractivity contribution in [2.45, 2.75) is 31.6 Å². The Bertz CT molecular complexity index is 612. The number of nitro benzene ring substituents is 1.